The van der Waals surface area contributed by atoms with Gasteiger partial charge in [-0.2, -0.15) is 5.10 Å². The van der Waals surface area contributed by atoms with Crippen molar-refractivity contribution in [1.82, 2.24) is 14.8 Å². The molecule has 0 aliphatic rings. The molecule has 0 aromatic carbocycles. The first-order chi connectivity index (χ1) is 7.18. The van der Waals surface area contributed by atoms with Gasteiger partial charge < -0.3 is 5.73 Å². The highest BCUT2D eigenvalue weighted by molar-refractivity contribution is 5.90. The van der Waals surface area contributed by atoms with Gasteiger partial charge in [-0.05, 0) is 25.1 Å². The normalized spacial score (nSPS) is 10.2. The monoisotopic (exact) mass is 202 g/mol. The summed E-state index contributed by atoms with van der Waals surface area (Å²) in [6.45, 7) is 1.85. The van der Waals surface area contributed by atoms with E-state index in [4.69, 9.17) is 5.73 Å². The summed E-state index contributed by atoms with van der Waals surface area (Å²) in [5, 5.41) is 4.08. The summed E-state index contributed by atoms with van der Waals surface area (Å²) in [5.41, 5.74) is 7.06. The molecule has 0 radical (unpaired) electrons. The summed E-state index contributed by atoms with van der Waals surface area (Å²) in [5.74, 6) is -0.527. The number of aryl methyl sites for hydroxylation is 1. The Kier molecular flexibility index (Phi) is 2.21. The SMILES string of the molecule is Cc1cc(C(N)=O)nn1-c1cccnc1. The molecule has 5 nitrogen and oxygen atoms in total. The minimum Gasteiger partial charge on any atom is -0.364 e. The number of nitrogens with two attached hydrogens (primary N) is 1. The maximum atomic E-state index is 10.9. The van der Waals surface area contributed by atoms with Crippen molar-refractivity contribution in [2.75, 3.05) is 0 Å². The summed E-state index contributed by atoms with van der Waals surface area (Å²) in [6.07, 6.45) is 3.35. The summed E-state index contributed by atoms with van der Waals surface area (Å²) in [4.78, 5) is 14.9. The fourth-order valence-electron chi connectivity index (χ4n) is 1.34. The number of aromatic nitrogens is 3. The van der Waals surface area contributed by atoms with Gasteiger partial charge >= 0.3 is 0 Å². The second kappa shape index (κ2) is 3.53. The lowest BCUT2D eigenvalue weighted by atomic mass is 10.3. The first-order valence-electron chi connectivity index (χ1n) is 4.45. The maximum Gasteiger partial charge on any atom is 0.269 e. The van der Waals surface area contributed by atoms with Crippen molar-refractivity contribution in [2.24, 2.45) is 5.73 Å². The summed E-state index contributed by atoms with van der Waals surface area (Å²) >= 11 is 0. The highest BCUT2D eigenvalue weighted by Gasteiger charge is 2.09. The van der Waals surface area contributed by atoms with Crippen molar-refractivity contribution < 1.29 is 4.79 Å². The van der Waals surface area contributed by atoms with E-state index in [1.807, 2.05) is 13.0 Å². The molecule has 0 aliphatic carbocycles. The molecule has 0 aliphatic heterocycles. The third-order valence-electron chi connectivity index (χ3n) is 2.03. The number of amides is 1. The van der Waals surface area contributed by atoms with Gasteiger partial charge in [-0.15, -0.1) is 0 Å². The predicted octanol–water partition coefficient (Wildman–Crippen LogP) is 0.675. The Bertz CT molecular complexity index is 489. The van der Waals surface area contributed by atoms with Crippen molar-refractivity contribution in [3.8, 4) is 5.69 Å². The van der Waals surface area contributed by atoms with Gasteiger partial charge in [-0.25, -0.2) is 4.68 Å². The third kappa shape index (κ3) is 1.71. The molecular weight excluding hydrogens is 192 g/mol. The van der Waals surface area contributed by atoms with Crippen LogP contribution in [0.5, 0.6) is 0 Å². The van der Waals surface area contributed by atoms with E-state index in [1.54, 1.807) is 29.2 Å². The molecule has 0 fully saturated rings. The Hall–Kier alpha value is -2.17. The predicted molar refractivity (Wildman–Crippen MR) is 54.6 cm³/mol. The average Bonchev–Trinajstić information content (AvgIpc) is 2.62. The largest absolute Gasteiger partial charge is 0.364 e. The molecule has 0 saturated carbocycles. The third-order valence-corrected chi connectivity index (χ3v) is 2.03. The molecule has 0 bridgehead atoms. The van der Waals surface area contributed by atoms with Gasteiger partial charge in [-0.1, -0.05) is 0 Å². The minimum atomic E-state index is -0.527. The summed E-state index contributed by atoms with van der Waals surface area (Å²) in [6, 6.07) is 5.31. The van der Waals surface area contributed by atoms with Gasteiger partial charge in [-0.3, -0.25) is 9.78 Å². The van der Waals surface area contributed by atoms with E-state index in [-0.39, 0.29) is 5.69 Å². The van der Waals surface area contributed by atoms with Crippen molar-refractivity contribution in [3.63, 3.8) is 0 Å². The zero-order valence-corrected chi connectivity index (χ0v) is 8.21. The van der Waals surface area contributed by atoms with Crippen LogP contribution in [-0.2, 0) is 0 Å². The lowest BCUT2D eigenvalue weighted by molar-refractivity contribution is 0.0995. The van der Waals surface area contributed by atoms with Crippen LogP contribution in [-0.4, -0.2) is 20.7 Å². The summed E-state index contributed by atoms with van der Waals surface area (Å²) in [7, 11) is 0. The second-order valence-electron chi connectivity index (χ2n) is 3.16. The molecule has 0 atom stereocenters. The number of hydrogen-bond donors (Lipinski definition) is 1. The van der Waals surface area contributed by atoms with Crippen molar-refractivity contribution in [1.29, 1.82) is 0 Å². The first kappa shape index (κ1) is 9.39. The highest BCUT2D eigenvalue weighted by atomic mass is 16.1. The van der Waals surface area contributed by atoms with Gasteiger partial charge in [0.1, 0.15) is 0 Å². The lowest BCUT2D eigenvalue weighted by Crippen LogP contribution is -2.12. The average molecular weight is 202 g/mol. The number of carbonyl (C=O) groups excluding carboxylic acids is 1. The maximum absolute atomic E-state index is 10.9. The van der Waals surface area contributed by atoms with E-state index in [9.17, 15) is 4.79 Å². The van der Waals surface area contributed by atoms with Crippen molar-refractivity contribution >= 4 is 5.91 Å². The number of rotatable bonds is 2. The quantitative estimate of drug-likeness (QED) is 0.778. The van der Waals surface area contributed by atoms with Crippen molar-refractivity contribution in [3.05, 3.63) is 42.0 Å². The van der Waals surface area contributed by atoms with Crippen LogP contribution >= 0.6 is 0 Å². The Morgan fingerprint density at radius 3 is 2.87 bits per heavy atom. The van der Waals surface area contributed by atoms with Gasteiger partial charge in [0, 0.05) is 11.9 Å². The van der Waals surface area contributed by atoms with Crippen molar-refractivity contribution in [2.45, 2.75) is 6.92 Å². The van der Waals surface area contributed by atoms with E-state index < -0.39 is 5.91 Å². The molecular formula is C10H10N4O. The molecule has 0 spiro atoms. The fourth-order valence-corrected chi connectivity index (χ4v) is 1.34. The van der Waals surface area contributed by atoms with Gasteiger partial charge in [0.05, 0.1) is 11.9 Å². The highest BCUT2D eigenvalue weighted by Crippen LogP contribution is 2.10. The number of pyridine rings is 1. The summed E-state index contributed by atoms with van der Waals surface area (Å²) < 4.78 is 1.63. The zero-order chi connectivity index (χ0) is 10.8. The molecule has 0 saturated heterocycles. The number of carbonyl (C=O) groups is 1. The van der Waals surface area contributed by atoms with Crippen LogP contribution in [0.3, 0.4) is 0 Å². The molecule has 15 heavy (non-hydrogen) atoms. The Labute approximate surface area is 86.5 Å². The van der Waals surface area contributed by atoms with Gasteiger partial charge in [0.15, 0.2) is 5.69 Å². The van der Waals surface area contributed by atoms with Crippen LogP contribution in [0.25, 0.3) is 5.69 Å². The van der Waals surface area contributed by atoms with Gasteiger partial charge in [0.2, 0.25) is 0 Å². The molecule has 0 unspecified atom stereocenters. The van der Waals surface area contributed by atoms with Crippen LogP contribution < -0.4 is 5.73 Å². The topological polar surface area (TPSA) is 73.8 Å². The van der Waals surface area contributed by atoms with E-state index in [0.717, 1.165) is 11.4 Å². The molecule has 2 N–H and O–H groups in total. The van der Waals surface area contributed by atoms with E-state index in [0.29, 0.717) is 0 Å². The van der Waals surface area contributed by atoms with Crippen LogP contribution in [0.4, 0.5) is 0 Å². The van der Waals surface area contributed by atoms with Gasteiger partial charge in [0.25, 0.3) is 5.91 Å². The minimum absolute atomic E-state index is 0.261. The Morgan fingerprint density at radius 2 is 2.33 bits per heavy atom. The Morgan fingerprint density at radius 1 is 1.53 bits per heavy atom. The van der Waals surface area contributed by atoms with E-state index in [2.05, 4.69) is 10.1 Å². The molecule has 2 aromatic heterocycles. The number of primary amides is 1. The van der Waals surface area contributed by atoms with Crippen LogP contribution in [0.15, 0.2) is 30.6 Å². The number of nitrogens with zero attached hydrogens (tertiary/aromatic N) is 3. The smallest absolute Gasteiger partial charge is 0.269 e. The van der Waals surface area contributed by atoms with Crippen LogP contribution in [0.2, 0.25) is 0 Å². The Balaban J connectivity index is 2.50. The molecule has 2 rings (SSSR count). The fraction of sp³-hybridized carbons (Fsp3) is 0.100. The van der Waals surface area contributed by atoms with E-state index in [1.165, 1.54) is 0 Å². The zero-order valence-electron chi connectivity index (χ0n) is 8.21. The van der Waals surface area contributed by atoms with Crippen LogP contribution in [0, 0.1) is 6.92 Å². The second-order valence-corrected chi connectivity index (χ2v) is 3.16. The lowest BCUT2D eigenvalue weighted by Gasteiger charge is -2.01. The molecule has 2 aromatic rings. The molecule has 2 heterocycles. The first-order valence-corrected chi connectivity index (χ1v) is 4.45. The number of hydrogen-bond acceptors (Lipinski definition) is 3. The molecule has 76 valence electrons. The standard InChI is InChI=1S/C10H10N4O/c1-7-5-9(10(11)15)13-14(7)8-3-2-4-12-6-8/h2-6H,1H3,(H2,11,15). The van der Waals surface area contributed by atoms with E-state index >= 15 is 0 Å². The molecule has 1 amide bonds. The van der Waals surface area contributed by atoms with Crippen LogP contribution in [0.1, 0.15) is 16.2 Å². The molecule has 5 heteroatoms.